The molecule has 1 unspecified atom stereocenters. The Labute approximate surface area is 118 Å². The molecule has 0 radical (unpaired) electrons. The molecule has 4 nitrogen and oxygen atoms in total. The monoisotopic (exact) mass is 359 g/mol. The number of thiophene rings is 1. The molecule has 0 amide bonds. The van der Waals surface area contributed by atoms with E-state index >= 15 is 0 Å². The molecule has 1 fully saturated rings. The number of alkyl halides is 1. The van der Waals surface area contributed by atoms with Crippen LogP contribution in [0.1, 0.15) is 0 Å². The molecular formula is C9H11BrClNO3S2. The van der Waals surface area contributed by atoms with Crippen LogP contribution in [-0.2, 0) is 14.8 Å². The predicted molar refractivity (Wildman–Crippen MR) is 71.6 cm³/mol. The van der Waals surface area contributed by atoms with E-state index < -0.39 is 10.0 Å². The van der Waals surface area contributed by atoms with Crippen molar-refractivity contribution in [3.05, 3.63) is 16.5 Å². The van der Waals surface area contributed by atoms with E-state index in [0.717, 1.165) is 11.3 Å². The van der Waals surface area contributed by atoms with E-state index in [4.69, 9.17) is 16.3 Å². The van der Waals surface area contributed by atoms with Gasteiger partial charge in [-0.15, -0.1) is 11.3 Å². The first-order chi connectivity index (χ1) is 8.05. The summed E-state index contributed by atoms with van der Waals surface area (Å²) in [5.74, 6) is 0. The number of halogens is 2. The first kappa shape index (κ1) is 13.8. The molecule has 1 aliphatic heterocycles. The standard InChI is InChI=1S/C9H11BrClNO3S2/c10-5-7-6-15-4-3-12(7)17(13,14)9-2-1-8(11)16-9/h1-2,7H,3-6H2. The summed E-state index contributed by atoms with van der Waals surface area (Å²) in [5.41, 5.74) is 0. The van der Waals surface area contributed by atoms with Gasteiger partial charge in [0.15, 0.2) is 0 Å². The lowest BCUT2D eigenvalue weighted by atomic mass is 10.3. The quantitative estimate of drug-likeness (QED) is 0.776. The Morgan fingerprint density at radius 1 is 1.59 bits per heavy atom. The molecule has 0 N–H and O–H groups in total. The molecule has 96 valence electrons. The summed E-state index contributed by atoms with van der Waals surface area (Å²) >= 11 is 10.2. The molecule has 1 atom stereocenters. The van der Waals surface area contributed by atoms with Crippen molar-refractivity contribution in [1.82, 2.24) is 4.31 Å². The fraction of sp³-hybridized carbons (Fsp3) is 0.556. The van der Waals surface area contributed by atoms with Gasteiger partial charge in [0, 0.05) is 11.9 Å². The average molecular weight is 361 g/mol. The molecule has 0 aromatic carbocycles. The van der Waals surface area contributed by atoms with Crippen LogP contribution in [0.2, 0.25) is 4.34 Å². The van der Waals surface area contributed by atoms with E-state index in [9.17, 15) is 8.42 Å². The third kappa shape index (κ3) is 2.85. The van der Waals surface area contributed by atoms with Crippen molar-refractivity contribution in [2.24, 2.45) is 0 Å². The highest BCUT2D eigenvalue weighted by Crippen LogP contribution is 2.30. The molecule has 0 aliphatic carbocycles. The largest absolute Gasteiger partial charge is 0.378 e. The Morgan fingerprint density at radius 3 is 2.94 bits per heavy atom. The van der Waals surface area contributed by atoms with E-state index in [1.807, 2.05) is 0 Å². The van der Waals surface area contributed by atoms with Gasteiger partial charge < -0.3 is 4.74 Å². The van der Waals surface area contributed by atoms with E-state index in [-0.39, 0.29) is 10.3 Å². The van der Waals surface area contributed by atoms with E-state index in [1.54, 1.807) is 12.1 Å². The second-order valence-corrected chi connectivity index (χ2v) is 8.04. The fourth-order valence-electron chi connectivity index (χ4n) is 1.63. The molecule has 0 saturated carbocycles. The summed E-state index contributed by atoms with van der Waals surface area (Å²) in [4.78, 5) is 0. The van der Waals surface area contributed by atoms with Crippen LogP contribution in [0.25, 0.3) is 0 Å². The van der Waals surface area contributed by atoms with Gasteiger partial charge in [0.05, 0.1) is 23.6 Å². The summed E-state index contributed by atoms with van der Waals surface area (Å²) in [7, 11) is -3.45. The molecule has 1 saturated heterocycles. The number of sulfonamides is 1. The first-order valence-corrected chi connectivity index (χ1v) is 8.72. The van der Waals surface area contributed by atoms with Crippen molar-refractivity contribution in [2.75, 3.05) is 25.1 Å². The van der Waals surface area contributed by atoms with Crippen molar-refractivity contribution >= 4 is 48.9 Å². The van der Waals surface area contributed by atoms with Crippen molar-refractivity contribution in [1.29, 1.82) is 0 Å². The van der Waals surface area contributed by atoms with Gasteiger partial charge in [-0.3, -0.25) is 0 Å². The van der Waals surface area contributed by atoms with Gasteiger partial charge in [0.2, 0.25) is 0 Å². The molecule has 1 aromatic rings. The van der Waals surface area contributed by atoms with Gasteiger partial charge in [-0.25, -0.2) is 8.42 Å². The molecular weight excluding hydrogens is 350 g/mol. The predicted octanol–water partition coefficient (Wildman–Crippen LogP) is 2.19. The summed E-state index contributed by atoms with van der Waals surface area (Å²) < 4.78 is 32.3. The Kier molecular flexibility index (Phi) is 4.49. The number of rotatable bonds is 3. The molecule has 2 rings (SSSR count). The highest BCUT2D eigenvalue weighted by atomic mass is 79.9. The molecule has 2 heterocycles. The summed E-state index contributed by atoms with van der Waals surface area (Å²) in [6.45, 7) is 1.24. The maximum atomic E-state index is 12.4. The molecule has 1 aromatic heterocycles. The zero-order chi connectivity index (χ0) is 12.5. The Morgan fingerprint density at radius 2 is 2.35 bits per heavy atom. The zero-order valence-corrected chi connectivity index (χ0v) is 12.8. The lowest BCUT2D eigenvalue weighted by Crippen LogP contribution is -2.49. The minimum Gasteiger partial charge on any atom is -0.378 e. The van der Waals surface area contributed by atoms with Crippen molar-refractivity contribution in [3.8, 4) is 0 Å². The third-order valence-corrected chi connectivity index (χ3v) is 6.86. The summed E-state index contributed by atoms with van der Waals surface area (Å²) in [6, 6.07) is 2.99. The lowest BCUT2D eigenvalue weighted by molar-refractivity contribution is 0.0414. The van der Waals surface area contributed by atoms with Crippen molar-refractivity contribution in [2.45, 2.75) is 10.3 Å². The summed E-state index contributed by atoms with van der Waals surface area (Å²) in [5, 5.41) is 0.561. The average Bonchev–Trinajstić information content (AvgIpc) is 2.76. The number of morpholine rings is 1. The number of ether oxygens (including phenoxy) is 1. The van der Waals surface area contributed by atoms with Gasteiger partial charge in [0.1, 0.15) is 4.21 Å². The minimum absolute atomic E-state index is 0.158. The van der Waals surface area contributed by atoms with Crippen molar-refractivity contribution in [3.63, 3.8) is 0 Å². The second-order valence-electron chi connectivity index (χ2n) is 3.56. The Hall–Kier alpha value is 0.340. The number of nitrogens with zero attached hydrogens (tertiary/aromatic N) is 1. The maximum Gasteiger partial charge on any atom is 0.253 e. The SMILES string of the molecule is O=S(=O)(c1ccc(Cl)s1)N1CCOCC1CBr. The Balaban J connectivity index is 2.30. The van der Waals surface area contributed by atoms with Gasteiger partial charge >= 0.3 is 0 Å². The number of hydrogen-bond acceptors (Lipinski definition) is 4. The van der Waals surface area contributed by atoms with Crippen LogP contribution in [0.5, 0.6) is 0 Å². The second kappa shape index (κ2) is 5.54. The smallest absolute Gasteiger partial charge is 0.253 e. The Bertz CT molecular complexity index is 490. The first-order valence-electron chi connectivity index (χ1n) is 4.96. The van der Waals surface area contributed by atoms with E-state index in [1.165, 1.54) is 4.31 Å². The van der Waals surface area contributed by atoms with Gasteiger partial charge in [-0.05, 0) is 12.1 Å². The number of hydrogen-bond donors (Lipinski definition) is 0. The highest BCUT2D eigenvalue weighted by molar-refractivity contribution is 9.09. The van der Waals surface area contributed by atoms with Gasteiger partial charge in [-0.1, -0.05) is 27.5 Å². The molecule has 0 spiro atoms. The van der Waals surface area contributed by atoms with Crippen molar-refractivity contribution < 1.29 is 13.2 Å². The van der Waals surface area contributed by atoms with E-state index in [0.29, 0.717) is 29.4 Å². The normalized spacial score (nSPS) is 22.8. The minimum atomic E-state index is -3.45. The zero-order valence-electron chi connectivity index (χ0n) is 8.80. The van der Waals surface area contributed by atoms with Crippen LogP contribution < -0.4 is 0 Å². The molecule has 17 heavy (non-hydrogen) atoms. The summed E-state index contributed by atoms with van der Waals surface area (Å²) in [6.07, 6.45) is 0. The third-order valence-electron chi connectivity index (χ3n) is 2.46. The molecule has 8 heteroatoms. The maximum absolute atomic E-state index is 12.4. The van der Waals surface area contributed by atoms with Gasteiger partial charge in [-0.2, -0.15) is 4.31 Å². The van der Waals surface area contributed by atoms with Gasteiger partial charge in [0.25, 0.3) is 10.0 Å². The van der Waals surface area contributed by atoms with Crippen LogP contribution in [0, 0.1) is 0 Å². The fourth-order valence-corrected chi connectivity index (χ4v) is 5.56. The van der Waals surface area contributed by atoms with Crippen LogP contribution in [-0.4, -0.2) is 43.9 Å². The topological polar surface area (TPSA) is 46.6 Å². The lowest BCUT2D eigenvalue weighted by Gasteiger charge is -2.32. The van der Waals surface area contributed by atoms with Crippen LogP contribution in [0.15, 0.2) is 16.3 Å². The van der Waals surface area contributed by atoms with Crippen LogP contribution in [0.3, 0.4) is 0 Å². The highest BCUT2D eigenvalue weighted by Gasteiger charge is 2.34. The van der Waals surface area contributed by atoms with E-state index in [2.05, 4.69) is 15.9 Å². The molecule has 1 aliphatic rings. The van der Waals surface area contributed by atoms with Crippen LogP contribution in [0.4, 0.5) is 0 Å². The van der Waals surface area contributed by atoms with Crippen LogP contribution >= 0.6 is 38.9 Å². The molecule has 0 bridgehead atoms.